The molecule has 13 heteroatoms. The van der Waals surface area contributed by atoms with Crippen LogP contribution in [0.3, 0.4) is 0 Å². The van der Waals surface area contributed by atoms with E-state index in [1.807, 2.05) is 0 Å². The second-order valence-electron chi connectivity index (χ2n) is 7.25. The van der Waals surface area contributed by atoms with Crippen molar-refractivity contribution in [1.82, 2.24) is 0 Å². The fourth-order valence-electron chi connectivity index (χ4n) is 3.47. The number of esters is 1. The van der Waals surface area contributed by atoms with Crippen LogP contribution in [0.1, 0.15) is 24.8 Å². The molecule has 3 rings (SSSR count). The van der Waals surface area contributed by atoms with Gasteiger partial charge in [0.1, 0.15) is 5.82 Å². The minimum Gasteiger partial charge on any atom is -0.466 e. The highest BCUT2D eigenvalue weighted by atomic mass is 32.2. The van der Waals surface area contributed by atoms with Crippen LogP contribution in [0.2, 0.25) is 0 Å². The quantitative estimate of drug-likeness (QED) is 0.341. The van der Waals surface area contributed by atoms with Crippen molar-refractivity contribution < 1.29 is 44.5 Å². The van der Waals surface area contributed by atoms with Crippen molar-refractivity contribution in [1.29, 1.82) is 0 Å². The molecule has 0 bridgehead atoms. The van der Waals surface area contributed by atoms with Crippen LogP contribution < -0.4 is 4.31 Å². The molecule has 1 aliphatic rings. The Morgan fingerprint density at radius 3 is 2.29 bits per heavy atom. The van der Waals surface area contributed by atoms with Crippen LogP contribution in [-0.2, 0) is 20.5 Å². The molecule has 0 aliphatic carbocycles. The number of carbonyl (C=O) groups excluding carboxylic acids is 1. The predicted octanol–water partition coefficient (Wildman–Crippen LogP) is 5.99. The summed E-state index contributed by atoms with van der Waals surface area (Å²) in [6.45, 7) is 1.69. The second-order valence-corrected chi connectivity index (χ2v) is 9.67. The zero-order chi connectivity index (χ0) is 25.3. The number of rotatable bonds is 6. The van der Waals surface area contributed by atoms with Crippen molar-refractivity contribution in [3.05, 3.63) is 53.8 Å². The standard InChI is InChI=1S/C21H18F7NO3S2/c1-2-32-18(30)10-14-11-33-17-9-12(19(20(23,24)25)21(26,27)28)3-8-16(17)29(14)34(31)15-6-4-13(22)5-7-15/h3-9,14,19H,2,10-11H2,1H3. The van der Waals surface area contributed by atoms with Gasteiger partial charge in [-0.1, -0.05) is 6.07 Å². The second kappa shape index (κ2) is 10.1. The molecule has 0 spiro atoms. The van der Waals surface area contributed by atoms with Gasteiger partial charge in [-0.25, -0.2) is 8.60 Å². The Hall–Kier alpha value is -2.28. The minimum atomic E-state index is -5.56. The van der Waals surface area contributed by atoms with E-state index >= 15 is 0 Å². The van der Waals surface area contributed by atoms with Crippen molar-refractivity contribution in [3.63, 3.8) is 0 Å². The highest BCUT2D eigenvalue weighted by molar-refractivity contribution is 7.99. The van der Waals surface area contributed by atoms with Crippen LogP contribution in [0.5, 0.6) is 0 Å². The van der Waals surface area contributed by atoms with Crippen molar-refractivity contribution in [2.45, 2.75) is 47.4 Å². The third-order valence-corrected chi connectivity index (χ3v) is 7.59. The van der Waals surface area contributed by atoms with E-state index in [1.165, 1.54) is 16.4 Å². The average molecular weight is 529 g/mol. The molecule has 34 heavy (non-hydrogen) atoms. The van der Waals surface area contributed by atoms with Gasteiger partial charge in [-0.3, -0.25) is 9.10 Å². The van der Waals surface area contributed by atoms with Gasteiger partial charge in [0, 0.05) is 10.6 Å². The molecule has 186 valence electrons. The number of alkyl halides is 6. The first-order valence-corrected chi connectivity index (χ1v) is 11.9. The predicted molar refractivity (Wildman–Crippen MR) is 112 cm³/mol. The van der Waals surface area contributed by atoms with E-state index in [2.05, 4.69) is 0 Å². The fraction of sp³-hybridized carbons (Fsp3) is 0.381. The van der Waals surface area contributed by atoms with Crippen LogP contribution >= 0.6 is 11.8 Å². The number of anilines is 1. The van der Waals surface area contributed by atoms with Gasteiger partial charge in [0.2, 0.25) is 0 Å². The normalized spacial score (nSPS) is 17.4. The molecule has 0 fully saturated rings. The van der Waals surface area contributed by atoms with Crippen molar-refractivity contribution >= 4 is 34.4 Å². The van der Waals surface area contributed by atoms with E-state index in [9.17, 15) is 39.7 Å². The van der Waals surface area contributed by atoms with E-state index in [1.54, 1.807) is 6.92 Å². The largest absolute Gasteiger partial charge is 0.466 e. The number of ether oxygens (including phenoxy) is 1. The first-order valence-electron chi connectivity index (χ1n) is 9.85. The van der Waals surface area contributed by atoms with Gasteiger partial charge in [-0.15, -0.1) is 11.8 Å². The minimum absolute atomic E-state index is 0.0465. The number of hydrogen-bond acceptors (Lipinski definition) is 4. The number of nitrogens with zero attached hydrogens (tertiary/aromatic N) is 1. The van der Waals surface area contributed by atoms with Crippen LogP contribution in [0.25, 0.3) is 0 Å². The maximum atomic E-state index is 13.4. The lowest BCUT2D eigenvalue weighted by molar-refractivity contribution is -0.253. The Bertz CT molecular complexity index is 1040. The van der Waals surface area contributed by atoms with Gasteiger partial charge in [0.25, 0.3) is 0 Å². The number of halogens is 7. The molecule has 1 heterocycles. The zero-order valence-electron chi connectivity index (χ0n) is 17.5. The van der Waals surface area contributed by atoms with E-state index in [4.69, 9.17) is 4.74 Å². The number of thioether (sulfide) groups is 1. The molecule has 2 aromatic rings. The maximum Gasteiger partial charge on any atom is 0.404 e. The maximum absolute atomic E-state index is 13.4. The first-order chi connectivity index (χ1) is 15.8. The summed E-state index contributed by atoms with van der Waals surface area (Å²) >= 11 is 0.950. The third kappa shape index (κ3) is 5.85. The summed E-state index contributed by atoms with van der Waals surface area (Å²) in [4.78, 5) is 12.3. The molecular weight excluding hydrogens is 511 g/mol. The lowest BCUT2D eigenvalue weighted by Crippen LogP contribution is -2.43. The van der Waals surface area contributed by atoms with E-state index in [-0.39, 0.29) is 34.3 Å². The topological polar surface area (TPSA) is 46.6 Å². The summed E-state index contributed by atoms with van der Waals surface area (Å²) < 4.78 is 112. The summed E-state index contributed by atoms with van der Waals surface area (Å²) in [5, 5.41) is 0. The van der Waals surface area contributed by atoms with Gasteiger partial charge >= 0.3 is 18.3 Å². The molecule has 1 aliphatic heterocycles. The van der Waals surface area contributed by atoms with Gasteiger partial charge in [0.05, 0.1) is 29.7 Å². The van der Waals surface area contributed by atoms with Crippen LogP contribution in [0.4, 0.5) is 36.4 Å². The monoisotopic (exact) mass is 529 g/mol. The highest BCUT2D eigenvalue weighted by Crippen LogP contribution is 2.49. The van der Waals surface area contributed by atoms with E-state index in [0.717, 1.165) is 36.0 Å². The van der Waals surface area contributed by atoms with Crippen molar-refractivity contribution in [2.24, 2.45) is 0 Å². The number of carbonyl (C=O) groups is 1. The Morgan fingerprint density at radius 1 is 1.12 bits per heavy atom. The lowest BCUT2D eigenvalue weighted by Gasteiger charge is -2.37. The first kappa shape index (κ1) is 26.3. The molecule has 0 amide bonds. The molecule has 0 radical (unpaired) electrons. The molecule has 0 saturated heterocycles. The summed E-state index contributed by atoms with van der Waals surface area (Å²) in [7, 11) is -2.04. The fourth-order valence-corrected chi connectivity index (χ4v) is 6.14. The Balaban J connectivity index is 2.06. The summed E-state index contributed by atoms with van der Waals surface area (Å²) in [5.41, 5.74) is -0.900. The third-order valence-electron chi connectivity index (χ3n) is 4.87. The molecule has 0 N–H and O–H groups in total. The Kier molecular flexibility index (Phi) is 7.85. The van der Waals surface area contributed by atoms with Gasteiger partial charge in [0.15, 0.2) is 16.9 Å². The summed E-state index contributed by atoms with van der Waals surface area (Å²) in [6, 6.07) is 6.36. The molecule has 4 nitrogen and oxygen atoms in total. The van der Waals surface area contributed by atoms with Gasteiger partial charge in [-0.05, 0) is 48.9 Å². The van der Waals surface area contributed by atoms with Crippen molar-refractivity contribution in [2.75, 3.05) is 16.7 Å². The Labute approximate surface area is 197 Å². The SMILES string of the molecule is CCOC(=O)CC1CSc2cc(C(C(F)(F)F)C(F)(F)F)ccc2N1S(=O)c1ccc(F)cc1. The molecule has 2 unspecified atom stereocenters. The molecule has 2 atom stereocenters. The van der Waals surface area contributed by atoms with E-state index < -0.39 is 52.6 Å². The number of hydrogen-bond donors (Lipinski definition) is 0. The Morgan fingerprint density at radius 2 is 1.74 bits per heavy atom. The number of benzene rings is 2. The van der Waals surface area contributed by atoms with Gasteiger partial charge < -0.3 is 4.74 Å². The molecule has 0 saturated carbocycles. The zero-order valence-corrected chi connectivity index (χ0v) is 19.1. The highest BCUT2D eigenvalue weighted by Gasteiger charge is 2.57. The van der Waals surface area contributed by atoms with Crippen LogP contribution in [0.15, 0.2) is 52.3 Å². The lowest BCUT2D eigenvalue weighted by atomic mass is 9.97. The average Bonchev–Trinajstić information content (AvgIpc) is 2.72. The number of fused-ring (bicyclic) bond motifs is 1. The van der Waals surface area contributed by atoms with Crippen molar-refractivity contribution in [3.8, 4) is 0 Å². The smallest absolute Gasteiger partial charge is 0.404 e. The van der Waals surface area contributed by atoms with Crippen LogP contribution in [-0.4, -0.2) is 40.9 Å². The van der Waals surface area contributed by atoms with E-state index in [0.29, 0.717) is 6.07 Å². The summed E-state index contributed by atoms with van der Waals surface area (Å²) in [5.74, 6) is -4.83. The summed E-state index contributed by atoms with van der Waals surface area (Å²) in [6.07, 6.45) is -11.3. The molecular formula is C21H18F7NO3S2. The van der Waals surface area contributed by atoms with Gasteiger partial charge in [-0.2, -0.15) is 26.3 Å². The molecule has 0 aromatic heterocycles. The van der Waals surface area contributed by atoms with Crippen LogP contribution in [0, 0.1) is 5.82 Å². The molecule has 2 aromatic carbocycles.